The summed E-state index contributed by atoms with van der Waals surface area (Å²) in [6.07, 6.45) is 2.27. The summed E-state index contributed by atoms with van der Waals surface area (Å²) in [6.45, 7) is 8.20. The van der Waals surface area contributed by atoms with E-state index in [4.69, 9.17) is 16.3 Å². The van der Waals surface area contributed by atoms with E-state index in [2.05, 4.69) is 28.4 Å². The topological polar surface area (TPSA) is 36.9 Å². The molecule has 0 aliphatic carbocycles. The van der Waals surface area contributed by atoms with Gasteiger partial charge in [0, 0.05) is 31.1 Å². The number of likely N-dealkylation sites (tertiary alicyclic amines) is 1. The third kappa shape index (κ3) is 3.08. The molecule has 1 aromatic carbocycles. The Kier molecular flexibility index (Phi) is 4.89. The Bertz CT molecular complexity index is 561. The van der Waals surface area contributed by atoms with Crippen LogP contribution < -0.4 is 10.2 Å². The highest BCUT2D eigenvalue weighted by Crippen LogP contribution is 2.35. The summed E-state index contributed by atoms with van der Waals surface area (Å²) in [5.41, 5.74) is 5.82. The number of halogens is 1. The summed E-state index contributed by atoms with van der Waals surface area (Å²) in [6, 6.07) is 6.31. The fraction of sp³-hybridized carbons (Fsp3) is 0.588. The van der Waals surface area contributed by atoms with Crippen LogP contribution in [-0.4, -0.2) is 36.9 Å². The van der Waals surface area contributed by atoms with E-state index in [1.807, 2.05) is 19.1 Å². The fourth-order valence-electron chi connectivity index (χ4n) is 3.42. The molecule has 0 radical (unpaired) electrons. The summed E-state index contributed by atoms with van der Waals surface area (Å²) < 4.78 is 5.52. The molecule has 22 heavy (non-hydrogen) atoms. The van der Waals surface area contributed by atoms with Crippen LogP contribution in [-0.2, 0) is 0 Å². The number of nitrogens with zero attached hydrogens (tertiary/aromatic N) is 2. The number of fused-ring (bicyclic) bond motifs is 1. The molecule has 5 heteroatoms. The van der Waals surface area contributed by atoms with Crippen LogP contribution in [0.1, 0.15) is 38.3 Å². The Morgan fingerprint density at radius 2 is 2.27 bits per heavy atom. The van der Waals surface area contributed by atoms with Gasteiger partial charge in [0.25, 0.3) is 0 Å². The average molecular weight is 322 g/mol. The van der Waals surface area contributed by atoms with Crippen molar-refractivity contribution in [2.75, 3.05) is 26.2 Å². The molecular formula is C17H24ClN3O. The molecule has 1 fully saturated rings. The zero-order valence-electron chi connectivity index (χ0n) is 13.3. The van der Waals surface area contributed by atoms with Crippen molar-refractivity contribution in [1.29, 1.82) is 0 Å². The van der Waals surface area contributed by atoms with Crippen molar-refractivity contribution >= 4 is 17.3 Å². The van der Waals surface area contributed by atoms with Crippen molar-refractivity contribution in [3.05, 3.63) is 28.8 Å². The molecular weight excluding hydrogens is 298 g/mol. The molecule has 0 saturated carbocycles. The Hall–Kier alpha value is -1.26. The second kappa shape index (κ2) is 6.88. The van der Waals surface area contributed by atoms with E-state index in [1.165, 1.54) is 24.2 Å². The second-order valence-electron chi connectivity index (χ2n) is 5.99. The normalized spacial score (nSPS) is 24.6. The smallest absolute Gasteiger partial charge is 0.137 e. The maximum atomic E-state index is 6.34. The fourth-order valence-corrected chi connectivity index (χ4v) is 3.66. The number of nitrogens with one attached hydrogen (secondary N) is 1. The third-order valence-electron chi connectivity index (χ3n) is 4.47. The SMILES string of the molecule is CCCN1CCC2=NNC(c3ccc(OCC)c(Cl)c3)C2C1. The van der Waals surface area contributed by atoms with Gasteiger partial charge in [-0.05, 0) is 37.6 Å². The van der Waals surface area contributed by atoms with Gasteiger partial charge in [0.05, 0.1) is 17.7 Å². The van der Waals surface area contributed by atoms with Gasteiger partial charge in [-0.15, -0.1) is 0 Å². The van der Waals surface area contributed by atoms with Crippen molar-refractivity contribution in [2.24, 2.45) is 11.0 Å². The lowest BCUT2D eigenvalue weighted by molar-refractivity contribution is 0.228. The minimum absolute atomic E-state index is 0.225. The summed E-state index contributed by atoms with van der Waals surface area (Å²) in [4.78, 5) is 2.54. The van der Waals surface area contributed by atoms with Gasteiger partial charge < -0.3 is 15.1 Å². The number of benzene rings is 1. The zero-order chi connectivity index (χ0) is 15.5. The van der Waals surface area contributed by atoms with E-state index >= 15 is 0 Å². The number of hydrogen-bond donors (Lipinski definition) is 1. The molecule has 120 valence electrons. The molecule has 2 heterocycles. The van der Waals surface area contributed by atoms with Gasteiger partial charge >= 0.3 is 0 Å². The number of ether oxygens (including phenoxy) is 1. The predicted octanol–water partition coefficient (Wildman–Crippen LogP) is 3.47. The number of hydrazone groups is 1. The van der Waals surface area contributed by atoms with Crippen molar-refractivity contribution < 1.29 is 4.74 Å². The van der Waals surface area contributed by atoms with Gasteiger partial charge in [0.1, 0.15) is 5.75 Å². The van der Waals surface area contributed by atoms with Gasteiger partial charge in [0.15, 0.2) is 0 Å². The maximum Gasteiger partial charge on any atom is 0.137 e. The van der Waals surface area contributed by atoms with Crippen molar-refractivity contribution in [1.82, 2.24) is 10.3 Å². The van der Waals surface area contributed by atoms with E-state index < -0.39 is 0 Å². The standard InChI is InChI=1S/C17H24ClN3O/c1-3-8-21-9-7-15-13(11-21)17(20-19-15)12-5-6-16(22-4-2)14(18)10-12/h5-6,10,13,17,20H,3-4,7-9,11H2,1-2H3. The summed E-state index contributed by atoms with van der Waals surface area (Å²) in [5.74, 6) is 1.21. The van der Waals surface area contributed by atoms with Crippen molar-refractivity contribution in [3.8, 4) is 5.75 Å². The van der Waals surface area contributed by atoms with Crippen LogP contribution in [0.2, 0.25) is 5.02 Å². The molecule has 2 atom stereocenters. The quantitative estimate of drug-likeness (QED) is 0.902. The molecule has 2 aliphatic heterocycles. The number of piperidine rings is 1. The van der Waals surface area contributed by atoms with Crippen LogP contribution in [0.15, 0.2) is 23.3 Å². The molecule has 0 spiro atoms. The molecule has 1 N–H and O–H groups in total. The van der Waals surface area contributed by atoms with Gasteiger partial charge in [-0.25, -0.2) is 0 Å². The molecule has 4 nitrogen and oxygen atoms in total. The molecule has 0 aromatic heterocycles. The molecule has 2 aliphatic rings. The van der Waals surface area contributed by atoms with Gasteiger partial charge in [-0.3, -0.25) is 0 Å². The Morgan fingerprint density at radius 3 is 3.00 bits per heavy atom. The van der Waals surface area contributed by atoms with Crippen LogP contribution >= 0.6 is 11.6 Å². The van der Waals surface area contributed by atoms with E-state index in [-0.39, 0.29) is 6.04 Å². The third-order valence-corrected chi connectivity index (χ3v) is 4.77. The van der Waals surface area contributed by atoms with E-state index in [9.17, 15) is 0 Å². The van der Waals surface area contributed by atoms with Gasteiger partial charge in [-0.1, -0.05) is 24.6 Å². The van der Waals surface area contributed by atoms with Crippen LogP contribution in [0, 0.1) is 5.92 Å². The lowest BCUT2D eigenvalue weighted by atomic mass is 9.86. The van der Waals surface area contributed by atoms with Crippen LogP contribution in [0.3, 0.4) is 0 Å². The zero-order valence-corrected chi connectivity index (χ0v) is 14.1. The average Bonchev–Trinajstić information content (AvgIpc) is 2.93. The Morgan fingerprint density at radius 1 is 1.41 bits per heavy atom. The monoisotopic (exact) mass is 321 g/mol. The first kappa shape index (κ1) is 15.6. The maximum absolute atomic E-state index is 6.34. The molecule has 0 amide bonds. The van der Waals surface area contributed by atoms with Crippen molar-refractivity contribution in [2.45, 2.75) is 32.7 Å². The molecule has 3 rings (SSSR count). The van der Waals surface area contributed by atoms with Crippen LogP contribution in [0.25, 0.3) is 0 Å². The van der Waals surface area contributed by atoms with E-state index in [0.717, 1.165) is 25.3 Å². The molecule has 1 saturated heterocycles. The molecule has 0 bridgehead atoms. The lowest BCUT2D eigenvalue weighted by Gasteiger charge is -2.33. The first-order chi connectivity index (χ1) is 10.7. The highest BCUT2D eigenvalue weighted by Gasteiger charge is 2.36. The lowest BCUT2D eigenvalue weighted by Crippen LogP contribution is -2.42. The van der Waals surface area contributed by atoms with Gasteiger partial charge in [0.2, 0.25) is 0 Å². The Balaban J connectivity index is 1.76. The highest BCUT2D eigenvalue weighted by atomic mass is 35.5. The van der Waals surface area contributed by atoms with Crippen LogP contribution in [0.4, 0.5) is 0 Å². The minimum Gasteiger partial charge on any atom is -0.492 e. The molecule has 1 aromatic rings. The second-order valence-corrected chi connectivity index (χ2v) is 6.40. The van der Waals surface area contributed by atoms with Crippen molar-refractivity contribution in [3.63, 3.8) is 0 Å². The minimum atomic E-state index is 0.225. The summed E-state index contributed by atoms with van der Waals surface area (Å²) in [7, 11) is 0. The highest BCUT2D eigenvalue weighted by molar-refractivity contribution is 6.32. The molecule has 2 unspecified atom stereocenters. The van der Waals surface area contributed by atoms with E-state index in [0.29, 0.717) is 17.5 Å². The number of hydrogen-bond acceptors (Lipinski definition) is 4. The van der Waals surface area contributed by atoms with Crippen LogP contribution in [0.5, 0.6) is 5.75 Å². The first-order valence-corrected chi connectivity index (χ1v) is 8.57. The number of rotatable bonds is 5. The summed E-state index contributed by atoms with van der Waals surface area (Å²) >= 11 is 6.34. The first-order valence-electron chi connectivity index (χ1n) is 8.19. The van der Waals surface area contributed by atoms with Gasteiger partial charge in [-0.2, -0.15) is 5.10 Å². The largest absolute Gasteiger partial charge is 0.492 e. The predicted molar refractivity (Wildman–Crippen MR) is 90.8 cm³/mol. The van der Waals surface area contributed by atoms with E-state index in [1.54, 1.807) is 0 Å². The Labute approximate surface area is 137 Å². The summed E-state index contributed by atoms with van der Waals surface area (Å²) in [5, 5.41) is 5.24.